The molecule has 4 aromatic rings. The number of nitro groups is 1. The van der Waals surface area contributed by atoms with Gasteiger partial charge in [-0.1, -0.05) is 54.6 Å². The van der Waals surface area contributed by atoms with E-state index < -0.39 is 23.0 Å². The normalized spacial score (nSPS) is 14.2. The Labute approximate surface area is 251 Å². The number of anilines is 1. The molecule has 13 heteroatoms. The number of hydrogen-bond acceptors (Lipinski definition) is 10. The van der Waals surface area contributed by atoms with Gasteiger partial charge >= 0.3 is 11.7 Å². The molecule has 1 aliphatic rings. The van der Waals surface area contributed by atoms with Crippen LogP contribution in [0.3, 0.4) is 0 Å². The largest absolute Gasteiger partial charge is 0.457 e. The molecule has 0 radical (unpaired) electrons. The molecule has 1 heterocycles. The number of allylic oxidation sites excluding steroid dienone is 1. The fourth-order valence-corrected chi connectivity index (χ4v) is 4.29. The van der Waals surface area contributed by atoms with E-state index in [1.807, 2.05) is 18.2 Å². The van der Waals surface area contributed by atoms with E-state index in [1.165, 1.54) is 24.3 Å². The number of amides is 2. The van der Waals surface area contributed by atoms with Crippen LogP contribution in [-0.2, 0) is 6.42 Å². The lowest BCUT2D eigenvalue weighted by atomic mass is 10.1. The van der Waals surface area contributed by atoms with E-state index in [4.69, 9.17) is 25.8 Å². The van der Waals surface area contributed by atoms with Crippen molar-refractivity contribution in [1.82, 2.24) is 5.01 Å². The van der Waals surface area contributed by atoms with Gasteiger partial charge in [0.2, 0.25) is 0 Å². The number of carbonyl (C=O) groups is 1. The van der Waals surface area contributed by atoms with E-state index in [2.05, 4.69) is 10.3 Å². The van der Waals surface area contributed by atoms with Crippen LogP contribution in [0.25, 0.3) is 0 Å². The summed E-state index contributed by atoms with van der Waals surface area (Å²) in [6, 6.07) is 29.8. The number of nitrogens with one attached hydrogen (secondary N) is 1. The predicted octanol–water partition coefficient (Wildman–Crippen LogP) is 4.90. The zero-order valence-corrected chi connectivity index (χ0v) is 23.0. The molecule has 1 aliphatic heterocycles. The summed E-state index contributed by atoms with van der Waals surface area (Å²) in [5, 5.41) is 25.5. The van der Waals surface area contributed by atoms with Crippen LogP contribution in [-0.4, -0.2) is 28.0 Å². The molecule has 4 aromatic carbocycles. The molecule has 1 atom stereocenters. The lowest BCUT2D eigenvalue weighted by Crippen LogP contribution is -2.49. The highest BCUT2D eigenvalue weighted by Gasteiger charge is 2.39. The molecule has 0 fully saturated rings. The zero-order valence-electron chi connectivity index (χ0n) is 23.0. The molecule has 13 nitrogen and oxygen atoms in total. The Hall–Kier alpha value is -6.39. The molecule has 5 rings (SSSR count). The third kappa shape index (κ3) is 7.08. The Balaban J connectivity index is 1.54. The second-order valence-corrected chi connectivity index (χ2v) is 9.34. The van der Waals surface area contributed by atoms with Crippen molar-refractivity contribution in [2.75, 3.05) is 5.32 Å². The number of carbonyl (C=O) groups excluding carboxylic acids is 1. The van der Waals surface area contributed by atoms with E-state index in [9.17, 15) is 20.2 Å². The van der Waals surface area contributed by atoms with E-state index in [1.54, 1.807) is 66.7 Å². The Morgan fingerprint density at radius 3 is 2.25 bits per heavy atom. The molecule has 5 N–H and O–H groups in total. The van der Waals surface area contributed by atoms with Crippen molar-refractivity contribution in [3.8, 4) is 29.1 Å². The lowest BCUT2D eigenvalue weighted by molar-refractivity contribution is -0.420. The van der Waals surface area contributed by atoms with E-state index in [0.717, 1.165) is 10.6 Å². The highest BCUT2D eigenvalue weighted by molar-refractivity contribution is 6.00. The molecule has 0 aromatic heterocycles. The maximum absolute atomic E-state index is 12.5. The van der Waals surface area contributed by atoms with Crippen LogP contribution in [0.4, 0.5) is 10.5 Å². The van der Waals surface area contributed by atoms with Gasteiger partial charge in [-0.05, 0) is 42.0 Å². The number of nitrogens with two attached hydrogens (primary N) is 2. The second kappa shape index (κ2) is 13.1. The summed E-state index contributed by atoms with van der Waals surface area (Å²) >= 11 is 0. The van der Waals surface area contributed by atoms with Crippen molar-refractivity contribution >= 4 is 17.4 Å². The molecule has 0 bridgehead atoms. The monoisotopic (exact) mass is 591 g/mol. The summed E-state index contributed by atoms with van der Waals surface area (Å²) in [4.78, 5) is 27.6. The predicted molar refractivity (Wildman–Crippen MR) is 160 cm³/mol. The van der Waals surface area contributed by atoms with Gasteiger partial charge < -0.3 is 25.3 Å². The molecule has 2 amide bonds. The molecule has 0 spiro atoms. The van der Waals surface area contributed by atoms with Crippen LogP contribution in [0.5, 0.6) is 23.0 Å². The van der Waals surface area contributed by atoms with Gasteiger partial charge in [0.1, 0.15) is 28.7 Å². The van der Waals surface area contributed by atoms with E-state index >= 15 is 0 Å². The Bertz CT molecular complexity index is 1790. The number of nitriles is 1. The van der Waals surface area contributed by atoms with Crippen LogP contribution in [0.1, 0.15) is 11.1 Å². The summed E-state index contributed by atoms with van der Waals surface area (Å²) in [6.45, 7) is 0. The SMILES string of the molecule is N#Cc1cc(OC2=C([N+](=O)[O-])C(Cc3ccccc3)=NC(Oc3cccc(NC(N)=O)c3)N2N)cc(Oc2ccccc2)c1. The molecule has 0 saturated heterocycles. The summed E-state index contributed by atoms with van der Waals surface area (Å²) in [7, 11) is 0. The number of ether oxygens (including phenoxy) is 3. The van der Waals surface area contributed by atoms with Crippen LogP contribution in [0.15, 0.2) is 120 Å². The third-order valence-electron chi connectivity index (χ3n) is 6.16. The van der Waals surface area contributed by atoms with Crippen molar-refractivity contribution in [3.05, 3.63) is 136 Å². The molecule has 44 heavy (non-hydrogen) atoms. The minimum absolute atomic E-state index is 0.0338. The van der Waals surface area contributed by atoms with Crippen molar-refractivity contribution in [2.45, 2.75) is 12.8 Å². The molecule has 1 unspecified atom stereocenters. The van der Waals surface area contributed by atoms with Crippen LogP contribution in [0, 0.1) is 21.4 Å². The summed E-state index contributed by atoms with van der Waals surface area (Å²) in [5.41, 5.74) is 6.04. The highest BCUT2D eigenvalue weighted by Crippen LogP contribution is 2.32. The average molecular weight is 592 g/mol. The first-order chi connectivity index (χ1) is 21.3. The Morgan fingerprint density at radius 2 is 1.59 bits per heavy atom. The number of benzene rings is 4. The van der Waals surface area contributed by atoms with Crippen LogP contribution in [0.2, 0.25) is 0 Å². The number of primary amides is 1. The minimum Gasteiger partial charge on any atom is -0.457 e. The van der Waals surface area contributed by atoms with E-state index in [0.29, 0.717) is 11.4 Å². The zero-order chi connectivity index (χ0) is 31.1. The number of hydrazine groups is 1. The average Bonchev–Trinajstić information content (AvgIpc) is 3.00. The van der Waals surface area contributed by atoms with Crippen molar-refractivity contribution < 1.29 is 23.9 Å². The molecule has 0 aliphatic carbocycles. The maximum atomic E-state index is 12.5. The van der Waals surface area contributed by atoms with Gasteiger partial charge in [-0.25, -0.2) is 20.6 Å². The molecular formula is C31H25N7O6. The third-order valence-corrected chi connectivity index (χ3v) is 6.16. The topological polar surface area (TPSA) is 191 Å². The van der Waals surface area contributed by atoms with Crippen LogP contribution >= 0.6 is 0 Å². The minimum atomic E-state index is -1.32. The smallest absolute Gasteiger partial charge is 0.352 e. The Kier molecular flexibility index (Phi) is 8.64. The second-order valence-electron chi connectivity index (χ2n) is 9.34. The fourth-order valence-electron chi connectivity index (χ4n) is 4.29. The van der Waals surface area contributed by atoms with Crippen molar-refractivity contribution in [2.24, 2.45) is 16.6 Å². The summed E-state index contributed by atoms with van der Waals surface area (Å²) < 4.78 is 17.9. The number of hydrogen-bond donors (Lipinski definition) is 3. The first-order valence-corrected chi connectivity index (χ1v) is 13.1. The van der Waals surface area contributed by atoms with Crippen molar-refractivity contribution in [3.63, 3.8) is 0 Å². The number of aliphatic imine (C=N–C) groups is 1. The standard InChI is InChI=1S/C31H25N7O6/c32-19-21-14-25(42-23-11-5-2-6-12-23)18-26(15-21)43-29-28(38(40)41)27(16-20-8-3-1-4-9-20)36-31(37(29)34)44-24-13-7-10-22(17-24)35-30(33)39/h1-15,17-18,31H,16,34H2,(H3,33,35,39). The first kappa shape index (κ1) is 29.1. The fraction of sp³-hybridized carbons (Fsp3) is 0.0645. The highest BCUT2D eigenvalue weighted by atomic mass is 16.6. The first-order valence-electron chi connectivity index (χ1n) is 13.1. The van der Waals surface area contributed by atoms with Gasteiger partial charge in [0, 0.05) is 24.2 Å². The number of rotatable bonds is 10. The number of nitrogens with zero attached hydrogens (tertiary/aromatic N) is 4. The molecule has 220 valence electrons. The summed E-state index contributed by atoms with van der Waals surface area (Å²) in [5.74, 6) is 7.05. The summed E-state index contributed by atoms with van der Waals surface area (Å²) in [6.07, 6.45) is -1.27. The van der Waals surface area contributed by atoms with Gasteiger partial charge in [0.25, 0.3) is 12.2 Å². The van der Waals surface area contributed by atoms with Gasteiger partial charge in [0.05, 0.1) is 16.6 Å². The lowest BCUT2D eigenvalue weighted by Gasteiger charge is -2.31. The van der Waals surface area contributed by atoms with Crippen molar-refractivity contribution in [1.29, 1.82) is 5.26 Å². The molecular weight excluding hydrogens is 566 g/mol. The van der Waals surface area contributed by atoms with E-state index in [-0.39, 0.29) is 40.8 Å². The number of para-hydroxylation sites is 1. The van der Waals surface area contributed by atoms with Crippen LogP contribution < -0.4 is 31.1 Å². The quantitative estimate of drug-likeness (QED) is 0.131. The van der Waals surface area contributed by atoms with Gasteiger partial charge in [-0.3, -0.25) is 10.1 Å². The van der Waals surface area contributed by atoms with Gasteiger partial charge in [-0.15, -0.1) is 0 Å². The van der Waals surface area contributed by atoms with Gasteiger partial charge in [0.15, 0.2) is 0 Å². The Morgan fingerprint density at radius 1 is 0.932 bits per heavy atom. The maximum Gasteiger partial charge on any atom is 0.352 e. The molecule has 0 saturated carbocycles. The van der Waals surface area contributed by atoms with Gasteiger partial charge in [-0.2, -0.15) is 5.26 Å². The number of urea groups is 1.